The molecule has 3 rings (SSSR count). The van der Waals surface area contributed by atoms with Crippen LogP contribution in [0.4, 0.5) is 0 Å². The average molecular weight is 263 g/mol. The minimum atomic E-state index is 0.0189. The summed E-state index contributed by atoms with van der Waals surface area (Å²) in [5.74, 6) is 1.50. The van der Waals surface area contributed by atoms with Crippen molar-refractivity contribution in [3.05, 3.63) is 12.1 Å². The first-order valence-corrected chi connectivity index (χ1v) is 6.59. The van der Waals surface area contributed by atoms with E-state index in [0.717, 1.165) is 25.8 Å². The van der Waals surface area contributed by atoms with Crippen molar-refractivity contribution in [3.63, 3.8) is 0 Å². The lowest BCUT2D eigenvalue weighted by Gasteiger charge is -2.16. The van der Waals surface area contributed by atoms with Gasteiger partial charge in [0.05, 0.1) is 13.7 Å². The van der Waals surface area contributed by atoms with Gasteiger partial charge in [-0.05, 0) is 12.8 Å². The highest BCUT2D eigenvalue weighted by Gasteiger charge is 2.37. The number of hydrogen-bond donors (Lipinski definition) is 0. The predicted octanol–water partition coefficient (Wildman–Crippen LogP) is 0.875. The fraction of sp³-hybridized carbons (Fsp3) is 0.615. The lowest BCUT2D eigenvalue weighted by Crippen LogP contribution is -2.32. The van der Waals surface area contributed by atoms with Crippen molar-refractivity contribution in [2.75, 3.05) is 20.2 Å². The average Bonchev–Trinajstić information content (AvgIpc) is 3.19. The van der Waals surface area contributed by atoms with E-state index in [1.165, 1.54) is 0 Å². The second-order valence-corrected chi connectivity index (χ2v) is 5.00. The zero-order valence-corrected chi connectivity index (χ0v) is 10.9. The van der Waals surface area contributed by atoms with E-state index >= 15 is 0 Å². The molecule has 1 unspecified atom stereocenters. The maximum atomic E-state index is 11.9. The van der Waals surface area contributed by atoms with Crippen molar-refractivity contribution >= 4 is 5.91 Å². The van der Waals surface area contributed by atoms with Gasteiger partial charge >= 0.3 is 0 Å². The van der Waals surface area contributed by atoms with E-state index in [2.05, 4.69) is 10.2 Å². The fourth-order valence-corrected chi connectivity index (χ4v) is 2.26. The summed E-state index contributed by atoms with van der Waals surface area (Å²) in [7, 11) is 1.54. The molecule has 1 aromatic rings. The molecular formula is C13H17N3O3. The van der Waals surface area contributed by atoms with Gasteiger partial charge in [-0.3, -0.25) is 4.79 Å². The Morgan fingerprint density at radius 1 is 1.26 bits per heavy atom. The largest absolute Gasteiger partial charge is 0.480 e. The molecule has 2 aliphatic rings. The minimum absolute atomic E-state index is 0.0189. The Bertz CT molecular complexity index is 459. The first-order valence-electron chi connectivity index (χ1n) is 6.59. The Labute approximate surface area is 111 Å². The molecule has 19 heavy (non-hydrogen) atoms. The normalized spacial score (nSPS) is 22.4. The van der Waals surface area contributed by atoms with Gasteiger partial charge in [0.15, 0.2) is 0 Å². The number of nitrogens with zero attached hydrogens (tertiary/aromatic N) is 3. The summed E-state index contributed by atoms with van der Waals surface area (Å²) in [6.45, 7) is 1.44. The van der Waals surface area contributed by atoms with E-state index in [0.29, 0.717) is 18.3 Å². The van der Waals surface area contributed by atoms with Crippen LogP contribution in [0.25, 0.3) is 0 Å². The summed E-state index contributed by atoms with van der Waals surface area (Å²) in [4.78, 5) is 13.8. The van der Waals surface area contributed by atoms with Crippen LogP contribution in [-0.4, -0.2) is 47.3 Å². The Balaban J connectivity index is 1.54. The summed E-state index contributed by atoms with van der Waals surface area (Å²) in [5, 5.41) is 7.78. The number of hydrogen-bond acceptors (Lipinski definition) is 5. The number of rotatable bonds is 4. The molecule has 0 aromatic carbocycles. The number of amides is 1. The molecule has 6 heteroatoms. The molecule has 2 fully saturated rings. The van der Waals surface area contributed by atoms with Gasteiger partial charge in [0, 0.05) is 31.0 Å². The molecule has 1 saturated heterocycles. The number of ether oxygens (including phenoxy) is 2. The number of carbonyl (C=O) groups excluding carboxylic acids is 1. The number of methoxy groups -OCH3 is 1. The molecule has 0 N–H and O–H groups in total. The van der Waals surface area contributed by atoms with Gasteiger partial charge in [-0.1, -0.05) is 0 Å². The van der Waals surface area contributed by atoms with Crippen LogP contribution in [0.15, 0.2) is 12.1 Å². The number of aromatic nitrogens is 2. The molecular weight excluding hydrogens is 246 g/mol. The maximum absolute atomic E-state index is 11.9. The zero-order valence-electron chi connectivity index (χ0n) is 10.9. The Kier molecular flexibility index (Phi) is 3.23. The van der Waals surface area contributed by atoms with Gasteiger partial charge in [0.2, 0.25) is 17.7 Å². The third-order valence-corrected chi connectivity index (χ3v) is 3.50. The van der Waals surface area contributed by atoms with Crippen LogP contribution in [0.5, 0.6) is 11.8 Å². The second kappa shape index (κ2) is 5.03. The van der Waals surface area contributed by atoms with Crippen molar-refractivity contribution in [1.29, 1.82) is 0 Å². The predicted molar refractivity (Wildman–Crippen MR) is 66.9 cm³/mol. The maximum Gasteiger partial charge on any atom is 0.233 e. The molecule has 0 radical (unpaired) electrons. The van der Waals surface area contributed by atoms with E-state index in [1.54, 1.807) is 19.2 Å². The molecule has 0 spiro atoms. The van der Waals surface area contributed by atoms with E-state index in [1.807, 2.05) is 4.90 Å². The Morgan fingerprint density at radius 2 is 2.00 bits per heavy atom. The standard InChI is InChI=1S/C13H17N3O3/c1-18-11-4-5-12(15-14-11)19-10-6-7-16(8-10)13(17)9-2-3-9/h4-5,9-10H,2-3,6-8H2,1H3. The van der Waals surface area contributed by atoms with Crippen LogP contribution in [0.3, 0.4) is 0 Å². The van der Waals surface area contributed by atoms with Crippen LogP contribution in [0, 0.1) is 5.92 Å². The third-order valence-electron chi connectivity index (χ3n) is 3.50. The van der Waals surface area contributed by atoms with E-state index in [4.69, 9.17) is 9.47 Å². The topological polar surface area (TPSA) is 64.6 Å². The molecule has 1 saturated carbocycles. The highest BCUT2D eigenvalue weighted by Crippen LogP contribution is 2.32. The van der Waals surface area contributed by atoms with Crippen molar-refractivity contribution in [1.82, 2.24) is 15.1 Å². The Hall–Kier alpha value is -1.85. The number of likely N-dealkylation sites (tertiary alicyclic amines) is 1. The third kappa shape index (κ3) is 2.77. The van der Waals surface area contributed by atoms with Crippen molar-refractivity contribution in [3.8, 4) is 11.8 Å². The van der Waals surface area contributed by atoms with Gasteiger partial charge in [0.25, 0.3) is 0 Å². The summed E-state index contributed by atoms with van der Waals surface area (Å²) < 4.78 is 10.7. The second-order valence-electron chi connectivity index (χ2n) is 5.00. The van der Waals surface area contributed by atoms with E-state index in [9.17, 15) is 4.79 Å². The van der Waals surface area contributed by atoms with Crippen molar-refractivity contribution in [2.45, 2.75) is 25.4 Å². The van der Waals surface area contributed by atoms with Crippen molar-refractivity contribution in [2.24, 2.45) is 5.92 Å². The van der Waals surface area contributed by atoms with Gasteiger partial charge in [-0.2, -0.15) is 0 Å². The summed E-state index contributed by atoms with van der Waals surface area (Å²) in [6, 6.07) is 3.45. The smallest absolute Gasteiger partial charge is 0.233 e. The van der Waals surface area contributed by atoms with Gasteiger partial charge in [0.1, 0.15) is 6.10 Å². The van der Waals surface area contributed by atoms with E-state index < -0.39 is 0 Å². The lowest BCUT2D eigenvalue weighted by molar-refractivity contribution is -0.131. The van der Waals surface area contributed by atoms with Crippen LogP contribution < -0.4 is 9.47 Å². The quantitative estimate of drug-likeness (QED) is 0.806. The summed E-state index contributed by atoms with van der Waals surface area (Å²) >= 11 is 0. The molecule has 102 valence electrons. The van der Waals surface area contributed by atoms with Crippen LogP contribution in [-0.2, 0) is 4.79 Å². The number of carbonyl (C=O) groups is 1. The molecule has 1 amide bonds. The zero-order chi connectivity index (χ0) is 13.2. The summed E-state index contributed by atoms with van der Waals surface area (Å²) in [6.07, 6.45) is 2.97. The molecule has 1 aliphatic carbocycles. The highest BCUT2D eigenvalue weighted by atomic mass is 16.5. The molecule has 2 heterocycles. The van der Waals surface area contributed by atoms with E-state index in [-0.39, 0.29) is 17.9 Å². The molecule has 6 nitrogen and oxygen atoms in total. The van der Waals surface area contributed by atoms with Gasteiger partial charge < -0.3 is 14.4 Å². The van der Waals surface area contributed by atoms with Gasteiger partial charge in [-0.25, -0.2) is 0 Å². The SMILES string of the molecule is COc1ccc(OC2CCN(C(=O)C3CC3)C2)nn1. The van der Waals surface area contributed by atoms with Crippen molar-refractivity contribution < 1.29 is 14.3 Å². The molecule has 1 aromatic heterocycles. The first-order chi connectivity index (χ1) is 9.26. The Morgan fingerprint density at radius 3 is 2.63 bits per heavy atom. The fourth-order valence-electron chi connectivity index (χ4n) is 2.26. The van der Waals surface area contributed by atoms with Crippen LogP contribution in [0.1, 0.15) is 19.3 Å². The molecule has 1 atom stereocenters. The molecule has 0 bridgehead atoms. The lowest BCUT2D eigenvalue weighted by atomic mass is 10.3. The first kappa shape index (κ1) is 12.2. The van der Waals surface area contributed by atoms with Crippen LogP contribution >= 0.6 is 0 Å². The molecule has 1 aliphatic heterocycles. The summed E-state index contributed by atoms with van der Waals surface area (Å²) in [5.41, 5.74) is 0. The van der Waals surface area contributed by atoms with Crippen LogP contribution in [0.2, 0.25) is 0 Å². The highest BCUT2D eigenvalue weighted by molar-refractivity contribution is 5.81. The van der Waals surface area contributed by atoms with Gasteiger partial charge in [-0.15, -0.1) is 10.2 Å². The monoisotopic (exact) mass is 263 g/mol. The minimum Gasteiger partial charge on any atom is -0.480 e.